The van der Waals surface area contributed by atoms with Gasteiger partial charge in [0.15, 0.2) is 11.6 Å². The molecule has 3 aromatic carbocycles. The van der Waals surface area contributed by atoms with Crippen LogP contribution in [0.2, 0.25) is 0 Å². The number of Topliss-reactive ketones (excluding diaryl/α,β-unsaturated/α-hetero) is 1. The number of aryl methyl sites for hydroxylation is 2. The molecule has 0 N–H and O–H groups in total. The van der Waals surface area contributed by atoms with Gasteiger partial charge in [-0.1, -0.05) is 71.7 Å². The van der Waals surface area contributed by atoms with Crippen molar-refractivity contribution in [3.05, 3.63) is 105 Å². The van der Waals surface area contributed by atoms with E-state index in [4.69, 9.17) is 4.98 Å². The van der Waals surface area contributed by atoms with Crippen LogP contribution in [0.5, 0.6) is 0 Å². The first-order valence-electron chi connectivity index (χ1n) is 12.5. The van der Waals surface area contributed by atoms with Gasteiger partial charge in [-0.25, -0.2) is 4.98 Å². The predicted octanol–water partition coefficient (Wildman–Crippen LogP) is 7.90. The maximum absolute atomic E-state index is 14.3. The first kappa shape index (κ1) is 23.8. The van der Waals surface area contributed by atoms with Gasteiger partial charge in [0.2, 0.25) is 0 Å². The summed E-state index contributed by atoms with van der Waals surface area (Å²) in [6.07, 6.45) is 1.06. The summed E-state index contributed by atoms with van der Waals surface area (Å²) in [5.74, 6) is 0.589. The van der Waals surface area contributed by atoms with Crippen molar-refractivity contribution in [3.8, 4) is 17.1 Å². The fourth-order valence-electron chi connectivity index (χ4n) is 5.60. The highest BCUT2D eigenvalue weighted by Gasteiger charge is 2.40. The predicted molar refractivity (Wildman–Crippen MR) is 151 cm³/mol. The third kappa shape index (κ3) is 3.93. The van der Waals surface area contributed by atoms with Crippen LogP contribution >= 0.6 is 15.9 Å². The summed E-state index contributed by atoms with van der Waals surface area (Å²) in [5, 5.41) is 0.891. The van der Waals surface area contributed by atoms with Crippen molar-refractivity contribution in [2.24, 2.45) is 5.41 Å². The lowest BCUT2D eigenvalue weighted by atomic mass is 9.72. The minimum Gasteiger partial charge on any atom is -0.298 e. The Balaban J connectivity index is 1.80. The molecule has 0 bridgehead atoms. The summed E-state index contributed by atoms with van der Waals surface area (Å²) in [4.78, 5) is 33.3. The van der Waals surface area contributed by atoms with Crippen LogP contribution in [0, 0.1) is 19.3 Å². The lowest BCUT2D eigenvalue weighted by molar-refractivity contribution is 0.0899. The van der Waals surface area contributed by atoms with E-state index in [9.17, 15) is 9.59 Å². The summed E-state index contributed by atoms with van der Waals surface area (Å²) in [6, 6.07) is 21.8. The van der Waals surface area contributed by atoms with Crippen LogP contribution in [0.1, 0.15) is 63.4 Å². The van der Waals surface area contributed by atoms with Crippen molar-refractivity contribution < 1.29 is 9.59 Å². The zero-order valence-electron chi connectivity index (χ0n) is 21.4. The summed E-state index contributed by atoms with van der Waals surface area (Å²) < 4.78 is 3.08. The number of pyridine rings is 1. The van der Waals surface area contributed by atoms with Gasteiger partial charge in [-0.05, 0) is 61.6 Å². The largest absolute Gasteiger partial charge is 0.298 e. The molecule has 37 heavy (non-hydrogen) atoms. The normalized spacial score (nSPS) is 14.8. The highest BCUT2D eigenvalue weighted by atomic mass is 79.9. The molecule has 2 aliphatic heterocycles. The van der Waals surface area contributed by atoms with E-state index >= 15 is 0 Å². The average Bonchev–Trinajstić information content (AvgIpc) is 3.20. The maximum atomic E-state index is 14.3. The van der Waals surface area contributed by atoms with E-state index in [2.05, 4.69) is 34.3 Å². The van der Waals surface area contributed by atoms with Crippen LogP contribution in [0.4, 0.5) is 0 Å². The van der Waals surface area contributed by atoms with Crippen LogP contribution in [-0.4, -0.2) is 21.1 Å². The molecule has 1 aliphatic carbocycles. The minimum absolute atomic E-state index is 0.0101. The first-order valence-corrected chi connectivity index (χ1v) is 13.3. The van der Waals surface area contributed by atoms with Gasteiger partial charge in [0, 0.05) is 49.9 Å². The number of carbonyl (C=O) groups is 2. The molecule has 0 saturated heterocycles. The van der Waals surface area contributed by atoms with Gasteiger partial charge in [-0.2, -0.15) is 0 Å². The number of rotatable bonds is 3. The van der Waals surface area contributed by atoms with Crippen LogP contribution in [-0.2, 0) is 6.42 Å². The Hall–Kier alpha value is -3.57. The minimum atomic E-state index is -0.234. The Kier molecular flexibility index (Phi) is 5.46. The monoisotopic (exact) mass is 550 g/mol. The van der Waals surface area contributed by atoms with Gasteiger partial charge in [-0.3, -0.25) is 14.2 Å². The van der Waals surface area contributed by atoms with Gasteiger partial charge >= 0.3 is 0 Å². The number of carbonyl (C=O) groups excluding carboxylic acids is 2. The van der Waals surface area contributed by atoms with Crippen LogP contribution in [0.15, 0.2) is 71.2 Å². The molecule has 6 rings (SSSR count). The number of ketones is 2. The van der Waals surface area contributed by atoms with Crippen molar-refractivity contribution in [2.75, 3.05) is 0 Å². The van der Waals surface area contributed by atoms with Crippen LogP contribution in [0.3, 0.4) is 0 Å². The van der Waals surface area contributed by atoms with E-state index in [-0.39, 0.29) is 17.0 Å². The first-order chi connectivity index (χ1) is 17.6. The van der Waals surface area contributed by atoms with E-state index in [1.165, 1.54) is 0 Å². The highest BCUT2D eigenvalue weighted by molar-refractivity contribution is 9.10. The van der Waals surface area contributed by atoms with Crippen LogP contribution < -0.4 is 0 Å². The molecule has 0 spiro atoms. The van der Waals surface area contributed by atoms with Crippen molar-refractivity contribution in [1.82, 2.24) is 9.55 Å². The number of hydrogen-bond donors (Lipinski definition) is 0. The van der Waals surface area contributed by atoms with Gasteiger partial charge < -0.3 is 0 Å². The number of aromatic nitrogens is 2. The standard InChI is InChI=1S/C32H27BrN2O2/c1-18-5-8-20(9-6-18)30(37)29-27-23-14-7-19(2)15-24(23)34-31(27)35(22-12-10-21(33)11-13-22)25-16-32(3,4)17-26(36)28(25)29/h5-15H,16-17H2,1-4H3. The number of halogens is 1. The zero-order valence-corrected chi connectivity index (χ0v) is 22.9. The highest BCUT2D eigenvalue weighted by Crippen LogP contribution is 2.45. The summed E-state index contributed by atoms with van der Waals surface area (Å²) >= 11 is 3.54. The van der Waals surface area contributed by atoms with E-state index in [1.807, 2.05) is 80.6 Å². The summed E-state index contributed by atoms with van der Waals surface area (Å²) in [6.45, 7) is 8.27. The number of benzene rings is 3. The molecule has 3 aromatic rings. The molecule has 2 heterocycles. The van der Waals surface area contributed by atoms with E-state index in [1.54, 1.807) is 0 Å². The molecule has 5 heteroatoms. The molecule has 3 aliphatic rings. The van der Waals surface area contributed by atoms with Crippen molar-refractivity contribution in [1.29, 1.82) is 0 Å². The van der Waals surface area contributed by atoms with Gasteiger partial charge in [-0.15, -0.1) is 0 Å². The van der Waals surface area contributed by atoms with E-state index in [0.29, 0.717) is 35.4 Å². The van der Waals surface area contributed by atoms with Crippen molar-refractivity contribution in [2.45, 2.75) is 40.5 Å². The Morgan fingerprint density at radius 2 is 1.57 bits per heavy atom. The molecule has 0 fully saturated rings. The fourth-order valence-corrected chi connectivity index (χ4v) is 5.87. The second-order valence-electron chi connectivity index (χ2n) is 11.0. The Morgan fingerprint density at radius 3 is 2.27 bits per heavy atom. The van der Waals surface area contributed by atoms with Crippen molar-refractivity contribution in [3.63, 3.8) is 0 Å². The smallest absolute Gasteiger partial charge is 0.194 e. The quantitative estimate of drug-likeness (QED) is 0.214. The molecule has 184 valence electrons. The van der Waals surface area contributed by atoms with Crippen molar-refractivity contribution >= 4 is 38.4 Å². The number of hydrogen-bond acceptors (Lipinski definition) is 3. The second-order valence-corrected chi connectivity index (χ2v) is 11.9. The zero-order chi connectivity index (χ0) is 26.1. The lowest BCUT2D eigenvalue weighted by Crippen LogP contribution is -2.33. The van der Waals surface area contributed by atoms with E-state index in [0.717, 1.165) is 43.4 Å². The molecule has 0 saturated carbocycles. The molecule has 0 unspecified atom stereocenters. The van der Waals surface area contributed by atoms with Gasteiger partial charge in [0.05, 0.1) is 5.52 Å². The third-order valence-electron chi connectivity index (χ3n) is 7.33. The average molecular weight is 551 g/mol. The Labute approximate surface area is 224 Å². The van der Waals surface area contributed by atoms with Gasteiger partial charge in [0.25, 0.3) is 0 Å². The molecule has 0 amide bonds. The molecular weight excluding hydrogens is 524 g/mol. The summed E-state index contributed by atoms with van der Waals surface area (Å²) in [5.41, 5.74) is 6.89. The Morgan fingerprint density at radius 1 is 0.892 bits per heavy atom. The summed E-state index contributed by atoms with van der Waals surface area (Å²) in [7, 11) is 0. The third-order valence-corrected chi connectivity index (χ3v) is 7.86. The molecule has 0 aromatic heterocycles. The number of nitrogens with zero attached hydrogens (tertiary/aromatic N) is 2. The fraction of sp³-hybridized carbons (Fsp3) is 0.219. The second kappa shape index (κ2) is 8.49. The molecule has 4 nitrogen and oxygen atoms in total. The topological polar surface area (TPSA) is 52.0 Å². The van der Waals surface area contributed by atoms with Crippen LogP contribution in [0.25, 0.3) is 28.0 Å². The van der Waals surface area contributed by atoms with E-state index < -0.39 is 0 Å². The SMILES string of the molecule is Cc1ccc(C(=O)c2c3c(n(-c4ccc(Br)cc4)c4nc5cc(C)ccc5c2-4)CC(C)(C)CC3=O)cc1. The lowest BCUT2D eigenvalue weighted by Gasteiger charge is -2.35. The molecule has 0 atom stereocenters. The maximum Gasteiger partial charge on any atom is 0.194 e. The van der Waals surface area contributed by atoms with Gasteiger partial charge in [0.1, 0.15) is 5.82 Å². The Bertz CT molecular complexity index is 1690. The molecular formula is C32H27BrN2O2. The molecule has 0 radical (unpaired) electrons. The number of fused-ring (bicyclic) bond motifs is 4.